The highest BCUT2D eigenvalue weighted by atomic mass is 19.1. The van der Waals surface area contributed by atoms with Crippen LogP contribution in [0.5, 0.6) is 0 Å². The molecule has 0 aliphatic carbocycles. The Morgan fingerprint density at radius 2 is 2.00 bits per heavy atom. The number of esters is 1. The van der Waals surface area contributed by atoms with Gasteiger partial charge in [-0.1, -0.05) is 0 Å². The molecule has 1 aromatic carbocycles. The van der Waals surface area contributed by atoms with Crippen LogP contribution in [0.1, 0.15) is 25.3 Å². The molecule has 4 nitrogen and oxygen atoms in total. The van der Waals surface area contributed by atoms with E-state index in [1.165, 1.54) is 0 Å². The van der Waals surface area contributed by atoms with Crippen molar-refractivity contribution >= 4 is 11.9 Å². The zero-order chi connectivity index (χ0) is 15.0. The van der Waals surface area contributed by atoms with Gasteiger partial charge in [0.15, 0.2) is 0 Å². The van der Waals surface area contributed by atoms with Crippen LogP contribution in [0.15, 0.2) is 18.2 Å². The van der Waals surface area contributed by atoms with Gasteiger partial charge >= 0.3 is 5.97 Å². The maximum atomic E-state index is 13.3. The molecule has 6 heteroatoms. The van der Waals surface area contributed by atoms with Crippen LogP contribution in [0.25, 0.3) is 0 Å². The second-order valence-corrected chi connectivity index (χ2v) is 4.14. The second-order valence-electron chi connectivity index (χ2n) is 4.14. The van der Waals surface area contributed by atoms with E-state index < -0.39 is 11.6 Å². The monoisotopic (exact) mass is 285 g/mol. The Morgan fingerprint density at radius 3 is 2.70 bits per heavy atom. The molecule has 0 aliphatic heterocycles. The summed E-state index contributed by atoms with van der Waals surface area (Å²) in [6, 6.07) is 3.13. The molecule has 1 N–H and O–H groups in total. The highest BCUT2D eigenvalue weighted by Gasteiger charge is 2.08. The van der Waals surface area contributed by atoms with Gasteiger partial charge in [-0.25, -0.2) is 8.78 Å². The van der Waals surface area contributed by atoms with Crippen molar-refractivity contribution in [3.8, 4) is 0 Å². The van der Waals surface area contributed by atoms with Gasteiger partial charge in [-0.2, -0.15) is 0 Å². The standard InChI is InChI=1S/C14H17F2NO3/c1-2-20-14(19)7-8-17-13(18)6-3-10-9-11(15)4-5-12(10)16/h4-5,9H,2-3,6-8H2,1H3,(H,17,18). The quantitative estimate of drug-likeness (QED) is 0.779. The van der Waals surface area contributed by atoms with Crippen molar-refractivity contribution in [2.24, 2.45) is 0 Å². The topological polar surface area (TPSA) is 55.4 Å². The molecule has 1 aromatic rings. The number of hydrogen-bond acceptors (Lipinski definition) is 3. The van der Waals surface area contributed by atoms with Crippen molar-refractivity contribution in [1.82, 2.24) is 5.32 Å². The van der Waals surface area contributed by atoms with Crippen LogP contribution in [0.3, 0.4) is 0 Å². The van der Waals surface area contributed by atoms with E-state index in [2.05, 4.69) is 5.32 Å². The molecule has 1 rings (SSSR count). The van der Waals surface area contributed by atoms with E-state index in [0.29, 0.717) is 6.61 Å². The molecule has 0 heterocycles. The molecule has 0 aromatic heterocycles. The highest BCUT2D eigenvalue weighted by molar-refractivity contribution is 5.77. The Bertz CT molecular complexity index is 477. The fourth-order valence-electron chi connectivity index (χ4n) is 1.61. The number of ether oxygens (including phenoxy) is 1. The van der Waals surface area contributed by atoms with Crippen molar-refractivity contribution in [3.63, 3.8) is 0 Å². The Hall–Kier alpha value is -1.98. The summed E-state index contributed by atoms with van der Waals surface area (Å²) in [6.45, 7) is 2.17. The number of amides is 1. The Labute approximate surface area is 116 Å². The molecule has 0 saturated carbocycles. The van der Waals surface area contributed by atoms with Gasteiger partial charge in [0.25, 0.3) is 0 Å². The fraction of sp³-hybridized carbons (Fsp3) is 0.429. The molecule has 0 fully saturated rings. The first kappa shape index (κ1) is 16.1. The molecule has 20 heavy (non-hydrogen) atoms. The summed E-state index contributed by atoms with van der Waals surface area (Å²) in [5.41, 5.74) is 0.158. The van der Waals surface area contributed by atoms with Crippen LogP contribution in [-0.2, 0) is 20.7 Å². The lowest BCUT2D eigenvalue weighted by Gasteiger charge is -2.06. The molecule has 110 valence electrons. The number of benzene rings is 1. The summed E-state index contributed by atoms with van der Waals surface area (Å²) in [7, 11) is 0. The van der Waals surface area contributed by atoms with Gasteiger partial charge in [-0.05, 0) is 37.1 Å². The van der Waals surface area contributed by atoms with Gasteiger partial charge in [0.05, 0.1) is 13.0 Å². The van der Waals surface area contributed by atoms with E-state index in [0.717, 1.165) is 18.2 Å². The van der Waals surface area contributed by atoms with Crippen molar-refractivity contribution in [1.29, 1.82) is 0 Å². The van der Waals surface area contributed by atoms with E-state index in [1.54, 1.807) is 6.92 Å². The average Bonchev–Trinajstić information content (AvgIpc) is 2.40. The minimum absolute atomic E-state index is 0.0310. The Kier molecular flexibility index (Phi) is 6.63. The molecule has 0 saturated heterocycles. The number of halogens is 2. The number of aryl methyl sites for hydroxylation is 1. The fourth-order valence-corrected chi connectivity index (χ4v) is 1.61. The first-order chi connectivity index (χ1) is 9.52. The molecule has 0 atom stereocenters. The number of carbonyl (C=O) groups is 2. The average molecular weight is 285 g/mol. The minimum atomic E-state index is -0.538. The van der Waals surface area contributed by atoms with E-state index in [4.69, 9.17) is 4.74 Å². The summed E-state index contributed by atoms with van der Waals surface area (Å²) in [6.07, 6.45) is 0.228. The maximum absolute atomic E-state index is 13.3. The largest absolute Gasteiger partial charge is 0.466 e. The van der Waals surface area contributed by atoms with Gasteiger partial charge in [0.1, 0.15) is 11.6 Å². The molecule has 1 amide bonds. The summed E-state index contributed by atoms with van der Waals surface area (Å²) >= 11 is 0. The number of carbonyl (C=O) groups excluding carboxylic acids is 2. The molecule has 0 spiro atoms. The van der Waals surface area contributed by atoms with Crippen LogP contribution in [-0.4, -0.2) is 25.0 Å². The second kappa shape index (κ2) is 8.24. The summed E-state index contributed by atoms with van der Waals surface area (Å²) in [5, 5.41) is 2.52. The summed E-state index contributed by atoms with van der Waals surface area (Å²) < 4.78 is 30.9. The van der Waals surface area contributed by atoms with Crippen molar-refractivity contribution < 1.29 is 23.1 Å². The number of hydrogen-bond donors (Lipinski definition) is 1. The van der Waals surface area contributed by atoms with Crippen LogP contribution in [0.2, 0.25) is 0 Å². The summed E-state index contributed by atoms with van der Waals surface area (Å²) in [5.74, 6) is -1.78. The molecule has 0 bridgehead atoms. The first-order valence-electron chi connectivity index (χ1n) is 6.39. The van der Waals surface area contributed by atoms with Gasteiger partial charge in [0.2, 0.25) is 5.91 Å². The normalized spacial score (nSPS) is 10.2. The van der Waals surface area contributed by atoms with Crippen molar-refractivity contribution in [2.45, 2.75) is 26.2 Å². The lowest BCUT2D eigenvalue weighted by atomic mass is 10.1. The van der Waals surface area contributed by atoms with Crippen molar-refractivity contribution in [2.75, 3.05) is 13.2 Å². The zero-order valence-corrected chi connectivity index (χ0v) is 11.2. The number of rotatable bonds is 7. The van der Waals surface area contributed by atoms with Crippen molar-refractivity contribution in [3.05, 3.63) is 35.4 Å². The van der Waals surface area contributed by atoms with E-state index >= 15 is 0 Å². The molecular formula is C14H17F2NO3. The predicted octanol–water partition coefficient (Wildman–Crippen LogP) is 1.97. The van der Waals surface area contributed by atoms with Crippen LogP contribution >= 0.6 is 0 Å². The minimum Gasteiger partial charge on any atom is -0.466 e. The Balaban J connectivity index is 2.29. The van der Waals surface area contributed by atoms with Crippen LogP contribution in [0.4, 0.5) is 8.78 Å². The van der Waals surface area contributed by atoms with E-state index in [1.807, 2.05) is 0 Å². The van der Waals surface area contributed by atoms with Gasteiger partial charge in [0, 0.05) is 13.0 Å². The third-order valence-corrected chi connectivity index (χ3v) is 2.59. The van der Waals surface area contributed by atoms with Gasteiger partial charge < -0.3 is 10.1 Å². The molecule has 0 aliphatic rings. The predicted molar refractivity (Wildman–Crippen MR) is 68.9 cm³/mol. The summed E-state index contributed by atoms with van der Waals surface area (Å²) in [4.78, 5) is 22.5. The smallest absolute Gasteiger partial charge is 0.307 e. The Morgan fingerprint density at radius 1 is 1.25 bits per heavy atom. The van der Waals surface area contributed by atoms with E-state index in [-0.39, 0.29) is 43.2 Å². The lowest BCUT2D eigenvalue weighted by molar-refractivity contribution is -0.143. The molecule has 0 radical (unpaired) electrons. The third-order valence-electron chi connectivity index (χ3n) is 2.59. The third kappa shape index (κ3) is 5.77. The molecule has 0 unspecified atom stereocenters. The SMILES string of the molecule is CCOC(=O)CCNC(=O)CCc1cc(F)ccc1F. The van der Waals surface area contributed by atoms with Crippen LogP contribution < -0.4 is 5.32 Å². The van der Waals surface area contributed by atoms with Crippen LogP contribution in [0, 0.1) is 11.6 Å². The van der Waals surface area contributed by atoms with Gasteiger partial charge in [-0.3, -0.25) is 9.59 Å². The highest BCUT2D eigenvalue weighted by Crippen LogP contribution is 2.11. The van der Waals surface area contributed by atoms with Gasteiger partial charge in [-0.15, -0.1) is 0 Å². The zero-order valence-electron chi connectivity index (χ0n) is 11.2. The van der Waals surface area contributed by atoms with E-state index in [9.17, 15) is 18.4 Å². The first-order valence-corrected chi connectivity index (χ1v) is 6.39. The number of nitrogens with one attached hydrogen (secondary N) is 1. The maximum Gasteiger partial charge on any atom is 0.307 e. The molecular weight excluding hydrogens is 268 g/mol. The lowest BCUT2D eigenvalue weighted by Crippen LogP contribution is -2.26.